The van der Waals surface area contributed by atoms with Gasteiger partial charge in [0.25, 0.3) is 0 Å². The highest BCUT2D eigenvalue weighted by Crippen LogP contribution is 2.23. The van der Waals surface area contributed by atoms with Crippen molar-refractivity contribution in [1.29, 1.82) is 0 Å². The number of aliphatic hydroxyl groups excluding tert-OH is 3. The Morgan fingerprint density at radius 1 is 1.29 bits per heavy atom. The van der Waals surface area contributed by atoms with Crippen molar-refractivity contribution in [3.05, 3.63) is 0 Å². The van der Waals surface area contributed by atoms with Crippen molar-refractivity contribution in [3.63, 3.8) is 0 Å². The fourth-order valence-corrected chi connectivity index (χ4v) is 1.33. The lowest BCUT2D eigenvalue weighted by Gasteiger charge is -2.14. The molecule has 4 atom stereocenters. The molecule has 6 nitrogen and oxygen atoms in total. The largest absolute Gasteiger partial charge is 0.454 e. The molecule has 17 heavy (non-hydrogen) atoms. The van der Waals surface area contributed by atoms with E-state index in [1.54, 1.807) is 0 Å². The lowest BCUT2D eigenvalue weighted by atomic mass is 10.1. The Morgan fingerprint density at radius 3 is 2.29 bits per heavy atom. The zero-order valence-corrected chi connectivity index (χ0v) is 8.42. The van der Waals surface area contributed by atoms with E-state index in [1.165, 1.54) is 0 Å². The molecular weight excluding hydrogens is 249 g/mol. The van der Waals surface area contributed by atoms with Crippen LogP contribution >= 0.6 is 0 Å². The maximum atomic E-state index is 11.7. The van der Waals surface area contributed by atoms with Crippen molar-refractivity contribution in [1.82, 2.24) is 0 Å². The van der Waals surface area contributed by atoms with Crippen LogP contribution in [0.15, 0.2) is 0 Å². The van der Waals surface area contributed by atoms with Crippen molar-refractivity contribution in [2.24, 2.45) is 0 Å². The summed E-state index contributed by atoms with van der Waals surface area (Å²) in [6.07, 6.45) is -10.9. The minimum Gasteiger partial charge on any atom is -0.454 e. The molecule has 9 heteroatoms. The van der Waals surface area contributed by atoms with Gasteiger partial charge in [0.15, 0.2) is 12.7 Å². The average Bonchev–Trinajstić information content (AvgIpc) is 2.52. The lowest BCUT2D eigenvalue weighted by Crippen LogP contribution is -2.38. The second-order valence-electron chi connectivity index (χ2n) is 3.48. The van der Waals surface area contributed by atoms with Crippen molar-refractivity contribution < 1.29 is 42.8 Å². The van der Waals surface area contributed by atoms with Crippen LogP contribution < -0.4 is 0 Å². The van der Waals surface area contributed by atoms with Crippen LogP contribution in [0.2, 0.25) is 0 Å². The molecule has 0 aromatic rings. The van der Waals surface area contributed by atoms with Crippen molar-refractivity contribution in [3.8, 4) is 0 Å². The van der Waals surface area contributed by atoms with Crippen LogP contribution in [0.3, 0.4) is 0 Å². The molecule has 1 aliphatic rings. The summed E-state index contributed by atoms with van der Waals surface area (Å²) in [5.41, 5.74) is 0. The van der Waals surface area contributed by atoms with Gasteiger partial charge in [0.1, 0.15) is 18.3 Å². The molecule has 0 radical (unpaired) electrons. The van der Waals surface area contributed by atoms with Crippen LogP contribution in [-0.2, 0) is 14.3 Å². The third-order valence-electron chi connectivity index (χ3n) is 2.15. The van der Waals surface area contributed by atoms with Crippen LogP contribution in [0.25, 0.3) is 0 Å². The molecule has 0 spiro atoms. The first-order valence-corrected chi connectivity index (χ1v) is 4.62. The molecule has 0 aliphatic carbocycles. The molecule has 0 amide bonds. The summed E-state index contributed by atoms with van der Waals surface area (Å²) in [5, 5.41) is 27.2. The Hall–Kier alpha value is -0.900. The summed E-state index contributed by atoms with van der Waals surface area (Å²) in [5.74, 6) is -1.44. The van der Waals surface area contributed by atoms with Gasteiger partial charge in [0.05, 0.1) is 6.61 Å². The van der Waals surface area contributed by atoms with Gasteiger partial charge in [-0.05, 0) is 0 Å². The number of aliphatic hydroxyl groups is 3. The second kappa shape index (κ2) is 5.17. The molecule has 0 aromatic heterocycles. The predicted octanol–water partition coefficient (Wildman–Crippen LogP) is -1.43. The number of hydrogen-bond acceptors (Lipinski definition) is 6. The minimum atomic E-state index is -4.69. The van der Waals surface area contributed by atoms with Gasteiger partial charge in [0, 0.05) is 0 Å². The summed E-state index contributed by atoms with van der Waals surface area (Å²) in [6.45, 7) is -2.49. The maximum Gasteiger partial charge on any atom is 0.422 e. The Kier molecular flexibility index (Phi) is 4.31. The van der Waals surface area contributed by atoms with Crippen LogP contribution in [0, 0.1) is 0 Å². The molecule has 1 aliphatic heterocycles. The maximum absolute atomic E-state index is 11.7. The van der Waals surface area contributed by atoms with Crippen molar-refractivity contribution >= 4 is 5.97 Å². The molecule has 3 N–H and O–H groups in total. The van der Waals surface area contributed by atoms with Gasteiger partial charge in [-0.2, -0.15) is 13.2 Å². The number of carbonyl (C=O) groups is 1. The van der Waals surface area contributed by atoms with Gasteiger partial charge in [-0.25, -0.2) is 4.79 Å². The van der Waals surface area contributed by atoms with Gasteiger partial charge in [-0.15, -0.1) is 0 Å². The average molecular weight is 260 g/mol. The first-order valence-electron chi connectivity index (χ1n) is 4.62. The predicted molar refractivity (Wildman–Crippen MR) is 44.8 cm³/mol. The SMILES string of the molecule is O=C(OCC(F)(F)F)[C@H]1O[C@H](CO)[C@@H](O)[C@@H]1O. The quantitative estimate of drug-likeness (QED) is 0.539. The van der Waals surface area contributed by atoms with E-state index in [9.17, 15) is 28.2 Å². The fourth-order valence-electron chi connectivity index (χ4n) is 1.33. The molecule has 0 saturated carbocycles. The lowest BCUT2D eigenvalue weighted by molar-refractivity contribution is -0.195. The van der Waals surface area contributed by atoms with Gasteiger partial charge < -0.3 is 24.8 Å². The summed E-state index contributed by atoms with van der Waals surface area (Å²) < 4.78 is 43.8. The van der Waals surface area contributed by atoms with Crippen molar-refractivity contribution in [2.75, 3.05) is 13.2 Å². The topological polar surface area (TPSA) is 96.2 Å². The van der Waals surface area contributed by atoms with E-state index >= 15 is 0 Å². The normalized spacial score (nSPS) is 33.8. The molecule has 1 fully saturated rings. The number of rotatable bonds is 3. The highest BCUT2D eigenvalue weighted by Gasteiger charge is 2.47. The fraction of sp³-hybridized carbons (Fsp3) is 0.875. The molecule has 1 rings (SSSR count). The first-order chi connectivity index (χ1) is 7.76. The summed E-state index contributed by atoms with van der Waals surface area (Å²) in [6, 6.07) is 0. The molecule has 1 saturated heterocycles. The molecule has 0 aromatic carbocycles. The highest BCUT2D eigenvalue weighted by molar-refractivity contribution is 5.76. The second-order valence-corrected chi connectivity index (χ2v) is 3.48. The van der Waals surface area contributed by atoms with E-state index in [-0.39, 0.29) is 0 Å². The van der Waals surface area contributed by atoms with Gasteiger partial charge in [-0.1, -0.05) is 0 Å². The van der Waals surface area contributed by atoms with E-state index in [4.69, 9.17) is 5.11 Å². The van der Waals surface area contributed by atoms with E-state index in [0.29, 0.717) is 0 Å². The summed E-state index contributed by atoms with van der Waals surface area (Å²) in [4.78, 5) is 11.1. The number of ether oxygens (including phenoxy) is 2. The van der Waals surface area contributed by atoms with Crippen LogP contribution in [0.1, 0.15) is 0 Å². The number of hydrogen-bond donors (Lipinski definition) is 3. The van der Waals surface area contributed by atoms with E-state index in [2.05, 4.69) is 9.47 Å². The monoisotopic (exact) mass is 260 g/mol. The Bertz CT molecular complexity index is 281. The molecule has 100 valence electrons. The van der Waals surface area contributed by atoms with E-state index < -0.39 is 49.8 Å². The van der Waals surface area contributed by atoms with Gasteiger partial charge in [0.2, 0.25) is 0 Å². The molecule has 1 heterocycles. The minimum absolute atomic E-state index is 0.679. The summed E-state index contributed by atoms with van der Waals surface area (Å²) >= 11 is 0. The van der Waals surface area contributed by atoms with Gasteiger partial charge in [-0.3, -0.25) is 0 Å². The first kappa shape index (κ1) is 14.2. The number of alkyl halides is 3. The molecule has 0 unspecified atom stereocenters. The van der Waals surface area contributed by atoms with Gasteiger partial charge >= 0.3 is 12.1 Å². The smallest absolute Gasteiger partial charge is 0.422 e. The zero-order chi connectivity index (χ0) is 13.2. The van der Waals surface area contributed by atoms with E-state index in [1.807, 2.05) is 0 Å². The number of esters is 1. The third kappa shape index (κ3) is 3.53. The van der Waals surface area contributed by atoms with Crippen LogP contribution in [0.5, 0.6) is 0 Å². The van der Waals surface area contributed by atoms with Crippen molar-refractivity contribution in [2.45, 2.75) is 30.6 Å². The number of carbonyl (C=O) groups excluding carboxylic acids is 1. The van der Waals surface area contributed by atoms with Crippen LogP contribution in [0.4, 0.5) is 13.2 Å². The summed E-state index contributed by atoms with van der Waals surface area (Å²) in [7, 11) is 0. The standard InChI is InChI=1S/C8H11F3O6/c9-8(10,11)2-16-7(15)6-5(14)4(13)3(1-12)17-6/h3-6,12-14H,1-2H2/t3-,4-,5+,6+/m1/s1. The zero-order valence-electron chi connectivity index (χ0n) is 8.42. The molecule has 0 bridgehead atoms. The highest BCUT2D eigenvalue weighted by atomic mass is 19.4. The Morgan fingerprint density at radius 2 is 1.88 bits per heavy atom. The third-order valence-corrected chi connectivity index (χ3v) is 2.15. The molecular formula is C8H11F3O6. The Balaban J connectivity index is 2.53. The Labute approximate surface area is 93.6 Å². The van der Waals surface area contributed by atoms with Crippen LogP contribution in [-0.4, -0.2) is 65.1 Å². The van der Waals surface area contributed by atoms with E-state index in [0.717, 1.165) is 0 Å². The number of halogens is 3.